The van der Waals surface area contributed by atoms with Gasteiger partial charge >= 0.3 is 0 Å². The summed E-state index contributed by atoms with van der Waals surface area (Å²) >= 11 is 0. The molecule has 0 aliphatic carbocycles. The largest absolute Gasteiger partial charge is 0.357 e. The SMILES string of the molecule is CCN(CC)CCCNC(=O)c1ccc[nH]1. The van der Waals surface area contributed by atoms with Crippen molar-refractivity contribution < 1.29 is 4.79 Å². The molecule has 4 heteroatoms. The highest BCUT2D eigenvalue weighted by Gasteiger charge is 2.04. The highest BCUT2D eigenvalue weighted by molar-refractivity contribution is 5.92. The lowest BCUT2D eigenvalue weighted by Gasteiger charge is -2.17. The van der Waals surface area contributed by atoms with E-state index in [4.69, 9.17) is 0 Å². The van der Waals surface area contributed by atoms with Gasteiger partial charge in [-0.3, -0.25) is 4.79 Å². The fourth-order valence-corrected chi connectivity index (χ4v) is 1.61. The number of rotatable bonds is 7. The summed E-state index contributed by atoms with van der Waals surface area (Å²) in [6, 6.07) is 3.60. The number of aromatic nitrogens is 1. The van der Waals surface area contributed by atoms with Crippen molar-refractivity contribution in [1.29, 1.82) is 0 Å². The number of aromatic amines is 1. The molecule has 16 heavy (non-hydrogen) atoms. The molecule has 2 N–H and O–H groups in total. The molecule has 0 spiro atoms. The van der Waals surface area contributed by atoms with E-state index >= 15 is 0 Å². The van der Waals surface area contributed by atoms with Crippen LogP contribution in [0.2, 0.25) is 0 Å². The average Bonchev–Trinajstić information content (AvgIpc) is 2.82. The van der Waals surface area contributed by atoms with E-state index in [1.165, 1.54) is 0 Å². The van der Waals surface area contributed by atoms with Gasteiger partial charge in [0, 0.05) is 12.7 Å². The fraction of sp³-hybridized carbons (Fsp3) is 0.583. The van der Waals surface area contributed by atoms with Crippen molar-refractivity contribution in [3.05, 3.63) is 24.0 Å². The number of hydrogen-bond donors (Lipinski definition) is 2. The Labute approximate surface area is 97.0 Å². The van der Waals surface area contributed by atoms with Crippen molar-refractivity contribution >= 4 is 5.91 Å². The molecule has 0 saturated heterocycles. The van der Waals surface area contributed by atoms with Crippen LogP contribution in [-0.2, 0) is 0 Å². The van der Waals surface area contributed by atoms with Crippen LogP contribution in [0.5, 0.6) is 0 Å². The topological polar surface area (TPSA) is 48.1 Å². The Balaban J connectivity index is 2.14. The van der Waals surface area contributed by atoms with Crippen LogP contribution in [-0.4, -0.2) is 42.0 Å². The molecule has 0 aliphatic rings. The molecule has 0 radical (unpaired) electrons. The number of nitrogens with one attached hydrogen (secondary N) is 2. The molecule has 1 aromatic rings. The van der Waals surface area contributed by atoms with Gasteiger partial charge in [0.1, 0.15) is 5.69 Å². The molecule has 1 amide bonds. The van der Waals surface area contributed by atoms with Gasteiger partial charge in [0.25, 0.3) is 5.91 Å². The third kappa shape index (κ3) is 4.06. The van der Waals surface area contributed by atoms with E-state index < -0.39 is 0 Å². The minimum Gasteiger partial charge on any atom is -0.357 e. The van der Waals surface area contributed by atoms with Gasteiger partial charge in [-0.15, -0.1) is 0 Å². The van der Waals surface area contributed by atoms with Crippen molar-refractivity contribution in [3.63, 3.8) is 0 Å². The van der Waals surface area contributed by atoms with E-state index in [1.54, 1.807) is 12.3 Å². The third-order valence-corrected chi connectivity index (χ3v) is 2.67. The summed E-state index contributed by atoms with van der Waals surface area (Å²) in [7, 11) is 0. The van der Waals surface area contributed by atoms with Gasteiger partial charge in [0.05, 0.1) is 0 Å². The van der Waals surface area contributed by atoms with Gasteiger partial charge in [-0.1, -0.05) is 13.8 Å². The normalized spacial score (nSPS) is 10.7. The first-order valence-corrected chi connectivity index (χ1v) is 5.91. The van der Waals surface area contributed by atoms with E-state index in [1.807, 2.05) is 6.07 Å². The number of nitrogens with zero attached hydrogens (tertiary/aromatic N) is 1. The van der Waals surface area contributed by atoms with Gasteiger partial charge in [-0.05, 0) is 38.2 Å². The van der Waals surface area contributed by atoms with Crippen LogP contribution in [0.15, 0.2) is 18.3 Å². The summed E-state index contributed by atoms with van der Waals surface area (Å²) in [5.41, 5.74) is 0.628. The Hall–Kier alpha value is -1.29. The van der Waals surface area contributed by atoms with E-state index in [2.05, 4.69) is 29.0 Å². The zero-order valence-corrected chi connectivity index (χ0v) is 10.1. The Bertz CT molecular complexity index is 291. The van der Waals surface area contributed by atoms with Crippen LogP contribution < -0.4 is 5.32 Å². The predicted molar refractivity (Wildman–Crippen MR) is 65.5 cm³/mol. The standard InChI is InChI=1S/C12H21N3O/c1-3-15(4-2)10-6-9-14-12(16)11-7-5-8-13-11/h5,7-8,13H,3-4,6,9-10H2,1-2H3,(H,14,16). The van der Waals surface area contributed by atoms with Crippen LogP contribution in [0, 0.1) is 0 Å². The first-order valence-electron chi connectivity index (χ1n) is 5.91. The summed E-state index contributed by atoms with van der Waals surface area (Å²) in [5.74, 6) is -0.0236. The zero-order chi connectivity index (χ0) is 11.8. The third-order valence-electron chi connectivity index (χ3n) is 2.67. The number of carbonyl (C=O) groups excluding carboxylic acids is 1. The Kier molecular flexibility index (Phi) is 5.64. The van der Waals surface area contributed by atoms with Crippen LogP contribution in [0.25, 0.3) is 0 Å². The molecule has 0 atom stereocenters. The summed E-state index contributed by atoms with van der Waals surface area (Å²) in [6.07, 6.45) is 2.75. The average molecular weight is 223 g/mol. The second kappa shape index (κ2) is 7.06. The van der Waals surface area contributed by atoms with Crippen LogP contribution in [0.1, 0.15) is 30.8 Å². The summed E-state index contributed by atoms with van der Waals surface area (Å²) in [6.45, 7) is 8.22. The zero-order valence-electron chi connectivity index (χ0n) is 10.1. The van der Waals surface area contributed by atoms with Crippen molar-refractivity contribution in [2.75, 3.05) is 26.2 Å². The highest BCUT2D eigenvalue weighted by Crippen LogP contribution is 1.94. The first-order chi connectivity index (χ1) is 7.77. The van der Waals surface area contributed by atoms with Gasteiger partial charge < -0.3 is 15.2 Å². The number of amides is 1. The summed E-state index contributed by atoms with van der Waals surface area (Å²) in [5, 5.41) is 2.89. The Morgan fingerprint density at radius 1 is 1.44 bits per heavy atom. The minimum absolute atomic E-state index is 0.0236. The second-order valence-electron chi connectivity index (χ2n) is 3.72. The molecule has 90 valence electrons. The minimum atomic E-state index is -0.0236. The quantitative estimate of drug-likeness (QED) is 0.688. The van der Waals surface area contributed by atoms with Gasteiger partial charge in [-0.25, -0.2) is 0 Å². The maximum atomic E-state index is 11.5. The lowest BCUT2D eigenvalue weighted by Crippen LogP contribution is -2.30. The van der Waals surface area contributed by atoms with E-state index in [0.717, 1.165) is 32.6 Å². The number of H-pyrrole nitrogens is 1. The van der Waals surface area contributed by atoms with Crippen molar-refractivity contribution in [2.45, 2.75) is 20.3 Å². The molecular weight excluding hydrogens is 202 g/mol. The maximum Gasteiger partial charge on any atom is 0.267 e. The lowest BCUT2D eigenvalue weighted by molar-refractivity contribution is 0.0947. The fourth-order valence-electron chi connectivity index (χ4n) is 1.61. The molecule has 0 saturated carbocycles. The van der Waals surface area contributed by atoms with Crippen molar-refractivity contribution in [2.24, 2.45) is 0 Å². The van der Waals surface area contributed by atoms with E-state index in [9.17, 15) is 4.79 Å². The number of carbonyl (C=O) groups is 1. The van der Waals surface area contributed by atoms with Crippen LogP contribution in [0.4, 0.5) is 0 Å². The van der Waals surface area contributed by atoms with E-state index in [0.29, 0.717) is 5.69 Å². The van der Waals surface area contributed by atoms with E-state index in [-0.39, 0.29) is 5.91 Å². The molecule has 1 rings (SSSR count). The maximum absolute atomic E-state index is 11.5. The molecule has 1 heterocycles. The molecule has 0 aliphatic heterocycles. The van der Waals surface area contributed by atoms with Crippen molar-refractivity contribution in [1.82, 2.24) is 15.2 Å². The summed E-state index contributed by atoms with van der Waals surface area (Å²) in [4.78, 5) is 16.8. The van der Waals surface area contributed by atoms with Gasteiger partial charge in [0.15, 0.2) is 0 Å². The molecule has 0 aromatic carbocycles. The second-order valence-corrected chi connectivity index (χ2v) is 3.72. The molecule has 1 aromatic heterocycles. The smallest absolute Gasteiger partial charge is 0.267 e. The first kappa shape index (κ1) is 12.8. The van der Waals surface area contributed by atoms with Crippen LogP contribution in [0.3, 0.4) is 0 Å². The predicted octanol–water partition coefficient (Wildman–Crippen LogP) is 1.48. The number of hydrogen-bond acceptors (Lipinski definition) is 2. The van der Waals surface area contributed by atoms with Gasteiger partial charge in [0.2, 0.25) is 0 Å². The molecule has 0 fully saturated rings. The molecule has 0 bridgehead atoms. The highest BCUT2D eigenvalue weighted by atomic mass is 16.1. The summed E-state index contributed by atoms with van der Waals surface area (Å²) < 4.78 is 0. The molecular formula is C12H21N3O. The lowest BCUT2D eigenvalue weighted by atomic mass is 10.3. The Morgan fingerprint density at radius 2 is 2.19 bits per heavy atom. The van der Waals surface area contributed by atoms with Crippen LogP contribution >= 0.6 is 0 Å². The van der Waals surface area contributed by atoms with Gasteiger partial charge in [-0.2, -0.15) is 0 Å². The molecule has 4 nitrogen and oxygen atoms in total. The van der Waals surface area contributed by atoms with Crippen molar-refractivity contribution in [3.8, 4) is 0 Å². The Morgan fingerprint density at radius 3 is 2.75 bits per heavy atom. The molecule has 0 unspecified atom stereocenters. The monoisotopic (exact) mass is 223 g/mol.